The molecule has 0 spiro atoms. The van der Waals surface area contributed by atoms with Crippen LogP contribution in [0.2, 0.25) is 0 Å². The highest BCUT2D eigenvalue weighted by Gasteiger charge is 2.12. The molecule has 0 aliphatic carbocycles. The zero-order valence-electron chi connectivity index (χ0n) is 13.6. The van der Waals surface area contributed by atoms with E-state index in [4.69, 9.17) is 5.73 Å². The Morgan fingerprint density at radius 1 is 0.952 bits per heavy atom. The third-order valence-corrected chi connectivity index (χ3v) is 3.84. The van der Waals surface area contributed by atoms with Crippen LogP contribution in [-0.4, -0.2) is 13.1 Å². The van der Waals surface area contributed by atoms with Gasteiger partial charge in [-0.15, -0.1) is 0 Å². The summed E-state index contributed by atoms with van der Waals surface area (Å²) in [6.07, 6.45) is 0. The summed E-state index contributed by atoms with van der Waals surface area (Å²) in [7, 11) is 0. The van der Waals surface area contributed by atoms with Crippen LogP contribution in [0.1, 0.15) is 35.2 Å². The molecule has 2 aromatic carbocycles. The van der Waals surface area contributed by atoms with Crippen molar-refractivity contribution in [2.75, 3.05) is 18.0 Å². The van der Waals surface area contributed by atoms with Crippen LogP contribution in [0.5, 0.6) is 0 Å². The molecule has 2 heteroatoms. The van der Waals surface area contributed by atoms with Gasteiger partial charge in [0.15, 0.2) is 0 Å². The summed E-state index contributed by atoms with van der Waals surface area (Å²) in [5, 5.41) is 0. The molecular formula is C19H26N2. The van der Waals surface area contributed by atoms with E-state index in [9.17, 15) is 0 Å². The number of hydrogen-bond acceptors (Lipinski definition) is 2. The van der Waals surface area contributed by atoms with Crippen LogP contribution >= 0.6 is 0 Å². The molecule has 0 aliphatic heterocycles. The van der Waals surface area contributed by atoms with Gasteiger partial charge in [0.2, 0.25) is 0 Å². The van der Waals surface area contributed by atoms with Gasteiger partial charge in [-0.05, 0) is 51.0 Å². The molecule has 0 bridgehead atoms. The monoisotopic (exact) mass is 282 g/mol. The van der Waals surface area contributed by atoms with Crippen molar-refractivity contribution >= 4 is 5.69 Å². The van der Waals surface area contributed by atoms with Crippen LogP contribution in [0, 0.1) is 20.8 Å². The molecule has 0 aromatic heterocycles. The number of rotatable bonds is 5. The van der Waals surface area contributed by atoms with Gasteiger partial charge in [0.1, 0.15) is 0 Å². The van der Waals surface area contributed by atoms with E-state index in [1.807, 2.05) is 0 Å². The van der Waals surface area contributed by atoms with Gasteiger partial charge in [0.05, 0.1) is 0 Å². The van der Waals surface area contributed by atoms with Crippen LogP contribution in [0.25, 0.3) is 0 Å². The highest BCUT2D eigenvalue weighted by atomic mass is 15.1. The number of anilines is 1. The van der Waals surface area contributed by atoms with Gasteiger partial charge in [-0.1, -0.05) is 41.5 Å². The topological polar surface area (TPSA) is 29.3 Å². The van der Waals surface area contributed by atoms with Gasteiger partial charge < -0.3 is 10.6 Å². The zero-order valence-corrected chi connectivity index (χ0v) is 13.6. The Morgan fingerprint density at radius 3 is 2.19 bits per heavy atom. The van der Waals surface area contributed by atoms with Crippen LogP contribution in [0.15, 0.2) is 42.5 Å². The standard InChI is InChI=1S/C19H26N2/c1-5-21(18-8-6-7-14(2)12-18)13-19(20)17-10-15(3)9-16(4)11-17/h6-12,19H,5,13,20H2,1-4H3. The molecule has 0 amide bonds. The lowest BCUT2D eigenvalue weighted by Crippen LogP contribution is -2.32. The fourth-order valence-corrected chi connectivity index (χ4v) is 2.81. The average Bonchev–Trinajstić information content (AvgIpc) is 2.43. The largest absolute Gasteiger partial charge is 0.370 e. The minimum Gasteiger partial charge on any atom is -0.370 e. The first-order valence-electron chi connectivity index (χ1n) is 7.65. The van der Waals surface area contributed by atoms with Gasteiger partial charge in [0.25, 0.3) is 0 Å². The van der Waals surface area contributed by atoms with Crippen LogP contribution < -0.4 is 10.6 Å². The Kier molecular flexibility index (Phi) is 5.03. The maximum atomic E-state index is 6.44. The van der Waals surface area contributed by atoms with Gasteiger partial charge in [0, 0.05) is 24.8 Å². The first-order valence-corrected chi connectivity index (χ1v) is 7.65. The normalized spacial score (nSPS) is 12.2. The lowest BCUT2D eigenvalue weighted by molar-refractivity contribution is 0.676. The zero-order chi connectivity index (χ0) is 15.4. The van der Waals surface area contributed by atoms with Crippen LogP contribution in [0.4, 0.5) is 5.69 Å². The Morgan fingerprint density at radius 2 is 1.62 bits per heavy atom. The second-order valence-corrected chi connectivity index (χ2v) is 5.91. The molecule has 0 fully saturated rings. The molecule has 2 nitrogen and oxygen atoms in total. The molecule has 0 aliphatic rings. The summed E-state index contributed by atoms with van der Waals surface area (Å²) in [6, 6.07) is 15.2. The third kappa shape index (κ3) is 4.08. The SMILES string of the molecule is CCN(CC(N)c1cc(C)cc(C)c1)c1cccc(C)c1. The Labute approximate surface area is 128 Å². The molecule has 1 atom stereocenters. The highest BCUT2D eigenvalue weighted by Crippen LogP contribution is 2.21. The van der Waals surface area contributed by atoms with Gasteiger partial charge >= 0.3 is 0 Å². The maximum absolute atomic E-state index is 6.44. The number of likely N-dealkylation sites (N-methyl/N-ethyl adjacent to an activating group) is 1. The Balaban J connectivity index is 2.18. The quantitative estimate of drug-likeness (QED) is 0.893. The van der Waals surface area contributed by atoms with Crippen molar-refractivity contribution in [3.8, 4) is 0 Å². The summed E-state index contributed by atoms with van der Waals surface area (Å²) in [5.74, 6) is 0. The van der Waals surface area contributed by atoms with Crippen molar-refractivity contribution in [1.29, 1.82) is 0 Å². The summed E-state index contributed by atoms with van der Waals surface area (Å²) < 4.78 is 0. The van der Waals surface area contributed by atoms with Crippen molar-refractivity contribution in [1.82, 2.24) is 0 Å². The number of nitrogens with zero attached hydrogens (tertiary/aromatic N) is 1. The van der Waals surface area contributed by atoms with E-state index in [1.165, 1.54) is 27.9 Å². The number of nitrogens with two attached hydrogens (primary N) is 1. The van der Waals surface area contributed by atoms with Crippen molar-refractivity contribution in [3.05, 3.63) is 64.7 Å². The molecule has 21 heavy (non-hydrogen) atoms. The Hall–Kier alpha value is -1.80. The number of benzene rings is 2. The van der Waals surface area contributed by atoms with E-state index < -0.39 is 0 Å². The molecule has 0 radical (unpaired) electrons. The van der Waals surface area contributed by atoms with Crippen molar-refractivity contribution in [3.63, 3.8) is 0 Å². The van der Waals surface area contributed by atoms with Crippen LogP contribution in [0.3, 0.4) is 0 Å². The van der Waals surface area contributed by atoms with E-state index in [1.54, 1.807) is 0 Å². The van der Waals surface area contributed by atoms with E-state index in [0.29, 0.717) is 0 Å². The maximum Gasteiger partial charge on any atom is 0.0473 e. The fourth-order valence-electron chi connectivity index (χ4n) is 2.81. The lowest BCUT2D eigenvalue weighted by Gasteiger charge is -2.27. The number of aryl methyl sites for hydroxylation is 3. The molecule has 1 unspecified atom stereocenters. The molecule has 2 N–H and O–H groups in total. The van der Waals surface area contributed by atoms with Gasteiger partial charge in [-0.2, -0.15) is 0 Å². The van der Waals surface area contributed by atoms with E-state index in [-0.39, 0.29) is 6.04 Å². The molecule has 0 heterocycles. The molecule has 112 valence electrons. The molecule has 0 saturated heterocycles. The predicted molar refractivity (Wildman–Crippen MR) is 91.9 cm³/mol. The Bertz CT molecular complexity index is 584. The van der Waals surface area contributed by atoms with Crippen molar-refractivity contribution in [2.24, 2.45) is 5.73 Å². The fraction of sp³-hybridized carbons (Fsp3) is 0.368. The molecule has 2 rings (SSSR count). The molecular weight excluding hydrogens is 256 g/mol. The van der Waals surface area contributed by atoms with Gasteiger partial charge in [-0.3, -0.25) is 0 Å². The average molecular weight is 282 g/mol. The summed E-state index contributed by atoms with van der Waals surface area (Å²) in [6.45, 7) is 10.4. The summed E-state index contributed by atoms with van der Waals surface area (Å²) in [5.41, 5.74) is 12.7. The second kappa shape index (κ2) is 6.77. The lowest BCUT2D eigenvalue weighted by atomic mass is 10.0. The van der Waals surface area contributed by atoms with Crippen LogP contribution in [-0.2, 0) is 0 Å². The highest BCUT2D eigenvalue weighted by molar-refractivity contribution is 5.49. The smallest absolute Gasteiger partial charge is 0.0473 e. The molecule has 0 saturated carbocycles. The summed E-state index contributed by atoms with van der Waals surface area (Å²) >= 11 is 0. The molecule has 2 aromatic rings. The first kappa shape index (κ1) is 15.6. The minimum absolute atomic E-state index is 0.0315. The predicted octanol–water partition coefficient (Wildman–Crippen LogP) is 4.14. The van der Waals surface area contributed by atoms with E-state index >= 15 is 0 Å². The number of hydrogen-bond donors (Lipinski definition) is 1. The summed E-state index contributed by atoms with van der Waals surface area (Å²) in [4.78, 5) is 2.34. The van der Waals surface area contributed by atoms with E-state index in [2.05, 4.69) is 75.1 Å². The minimum atomic E-state index is 0.0315. The van der Waals surface area contributed by atoms with E-state index in [0.717, 1.165) is 13.1 Å². The van der Waals surface area contributed by atoms with Crippen molar-refractivity contribution < 1.29 is 0 Å². The first-order chi connectivity index (χ1) is 9.99. The third-order valence-electron chi connectivity index (χ3n) is 3.84. The second-order valence-electron chi connectivity index (χ2n) is 5.91. The van der Waals surface area contributed by atoms with Crippen molar-refractivity contribution in [2.45, 2.75) is 33.7 Å². The van der Waals surface area contributed by atoms with Gasteiger partial charge in [-0.25, -0.2) is 0 Å².